The number of halogens is 2. The van der Waals surface area contributed by atoms with Gasteiger partial charge in [0.1, 0.15) is 18.2 Å². The van der Waals surface area contributed by atoms with Gasteiger partial charge in [-0.15, -0.1) is 0 Å². The van der Waals surface area contributed by atoms with E-state index in [4.69, 9.17) is 16.3 Å². The van der Waals surface area contributed by atoms with Crippen LogP contribution in [0.2, 0.25) is 5.02 Å². The Morgan fingerprint density at radius 3 is 2.65 bits per heavy atom. The molecule has 0 amide bonds. The van der Waals surface area contributed by atoms with Gasteiger partial charge in [0.25, 0.3) is 0 Å². The van der Waals surface area contributed by atoms with Crippen LogP contribution in [0, 0.1) is 0 Å². The molecule has 1 aromatic carbocycles. The van der Waals surface area contributed by atoms with Crippen LogP contribution in [0.25, 0.3) is 0 Å². The molecule has 0 spiro atoms. The van der Waals surface area contributed by atoms with Crippen molar-refractivity contribution in [2.45, 2.75) is 6.61 Å². The molecule has 0 saturated carbocycles. The van der Waals surface area contributed by atoms with Gasteiger partial charge in [0.05, 0.1) is 5.69 Å². The molecular weight excluding hydrogens is 344 g/mol. The number of nitrogens with zero attached hydrogens (tertiary/aromatic N) is 2. The van der Waals surface area contributed by atoms with E-state index in [9.17, 15) is 0 Å². The molecule has 0 bridgehead atoms. The van der Waals surface area contributed by atoms with E-state index in [0.717, 1.165) is 16.0 Å². The molecule has 0 saturated heterocycles. The third-order valence-corrected chi connectivity index (χ3v) is 3.39. The third kappa shape index (κ3) is 3.82. The highest BCUT2D eigenvalue weighted by Gasteiger charge is 2.06. The van der Waals surface area contributed by atoms with Crippen molar-refractivity contribution in [3.05, 3.63) is 39.6 Å². The number of anilines is 3. The predicted molar refractivity (Wildman–Crippen MR) is 84.7 cm³/mol. The summed E-state index contributed by atoms with van der Waals surface area (Å²) in [7, 11) is 3.42. The Bertz CT molecular complexity index is 609. The average Bonchev–Trinajstić information content (AvgIpc) is 2.42. The van der Waals surface area contributed by atoms with E-state index in [2.05, 4.69) is 36.5 Å². The van der Waals surface area contributed by atoms with Crippen LogP contribution in [-0.2, 0) is 11.3 Å². The maximum atomic E-state index is 5.92. The van der Waals surface area contributed by atoms with Crippen molar-refractivity contribution in [2.75, 3.05) is 24.8 Å². The van der Waals surface area contributed by atoms with Gasteiger partial charge in [-0.3, -0.25) is 0 Å². The molecule has 2 rings (SSSR count). The minimum Gasteiger partial charge on any atom is -0.377 e. The van der Waals surface area contributed by atoms with Crippen molar-refractivity contribution in [3.63, 3.8) is 0 Å². The molecule has 2 aromatic rings. The summed E-state index contributed by atoms with van der Waals surface area (Å²) in [6.45, 7) is 0.353. The van der Waals surface area contributed by atoms with Gasteiger partial charge in [0.15, 0.2) is 5.82 Å². The van der Waals surface area contributed by atoms with Crippen LogP contribution in [0.5, 0.6) is 0 Å². The highest BCUT2D eigenvalue weighted by Crippen LogP contribution is 2.28. The van der Waals surface area contributed by atoms with Crippen LogP contribution in [-0.4, -0.2) is 24.1 Å². The number of rotatable bonds is 5. The van der Waals surface area contributed by atoms with Gasteiger partial charge < -0.3 is 15.4 Å². The van der Waals surface area contributed by atoms with Crippen LogP contribution < -0.4 is 10.6 Å². The monoisotopic (exact) mass is 356 g/mol. The molecule has 2 N–H and O–H groups in total. The highest BCUT2D eigenvalue weighted by molar-refractivity contribution is 9.10. The van der Waals surface area contributed by atoms with E-state index in [1.54, 1.807) is 14.2 Å². The summed E-state index contributed by atoms with van der Waals surface area (Å²) < 4.78 is 5.93. The first kappa shape index (κ1) is 15.0. The van der Waals surface area contributed by atoms with E-state index in [1.807, 2.05) is 24.3 Å². The number of hydrogen-bond acceptors (Lipinski definition) is 5. The van der Waals surface area contributed by atoms with Gasteiger partial charge in [-0.2, -0.15) is 0 Å². The van der Waals surface area contributed by atoms with Gasteiger partial charge in [-0.25, -0.2) is 9.97 Å². The first-order valence-corrected chi connectivity index (χ1v) is 7.06. The van der Waals surface area contributed by atoms with Crippen molar-refractivity contribution in [1.29, 1.82) is 0 Å². The van der Waals surface area contributed by atoms with E-state index >= 15 is 0 Å². The Hall–Kier alpha value is -1.37. The normalized spacial score (nSPS) is 10.4. The fourth-order valence-electron chi connectivity index (χ4n) is 1.61. The standard InChI is InChI=1S/C13H14BrClN4O/c1-16-11-6-12(19-13(18-11)7-20-2)17-10-4-3-8(15)5-9(10)14/h3-6H,7H2,1-2H3,(H2,16,17,18,19). The van der Waals surface area contributed by atoms with E-state index in [1.165, 1.54) is 0 Å². The summed E-state index contributed by atoms with van der Waals surface area (Å²) in [6.07, 6.45) is 0. The number of methoxy groups -OCH3 is 1. The zero-order chi connectivity index (χ0) is 14.5. The summed E-state index contributed by atoms with van der Waals surface area (Å²) in [6, 6.07) is 7.33. The van der Waals surface area contributed by atoms with Crippen LogP contribution in [0.3, 0.4) is 0 Å². The maximum Gasteiger partial charge on any atom is 0.158 e. The summed E-state index contributed by atoms with van der Waals surface area (Å²) in [5.41, 5.74) is 0.874. The van der Waals surface area contributed by atoms with Crippen LogP contribution in [0.15, 0.2) is 28.7 Å². The van der Waals surface area contributed by atoms with E-state index in [0.29, 0.717) is 23.3 Å². The Balaban J connectivity index is 2.29. The summed E-state index contributed by atoms with van der Waals surface area (Å²) in [4.78, 5) is 8.69. The number of nitrogens with one attached hydrogen (secondary N) is 2. The largest absolute Gasteiger partial charge is 0.377 e. The molecule has 1 aromatic heterocycles. The van der Waals surface area contributed by atoms with Gasteiger partial charge in [-0.1, -0.05) is 11.6 Å². The second kappa shape index (κ2) is 6.88. The smallest absolute Gasteiger partial charge is 0.158 e. The molecule has 5 nitrogen and oxygen atoms in total. The second-order valence-corrected chi connectivity index (χ2v) is 5.28. The van der Waals surface area contributed by atoms with Crippen molar-refractivity contribution < 1.29 is 4.74 Å². The topological polar surface area (TPSA) is 59.1 Å². The van der Waals surface area contributed by atoms with Crippen molar-refractivity contribution in [3.8, 4) is 0 Å². The van der Waals surface area contributed by atoms with Gasteiger partial charge in [-0.05, 0) is 34.1 Å². The molecule has 0 fully saturated rings. The SMILES string of the molecule is CNc1cc(Nc2ccc(Cl)cc2Br)nc(COC)n1. The Morgan fingerprint density at radius 1 is 1.25 bits per heavy atom. The number of benzene rings is 1. The molecule has 0 aliphatic carbocycles. The molecule has 0 atom stereocenters. The Kier molecular flexibility index (Phi) is 5.17. The molecule has 0 aliphatic rings. The number of aromatic nitrogens is 2. The summed E-state index contributed by atoms with van der Waals surface area (Å²) in [5, 5.41) is 6.88. The fourth-order valence-corrected chi connectivity index (χ4v) is 2.39. The predicted octanol–water partition coefficient (Wildman–Crippen LogP) is 3.82. The van der Waals surface area contributed by atoms with Crippen molar-refractivity contribution >= 4 is 44.9 Å². The minimum absolute atomic E-state index is 0.353. The first-order valence-electron chi connectivity index (χ1n) is 5.89. The Morgan fingerprint density at radius 2 is 2.00 bits per heavy atom. The van der Waals surface area contributed by atoms with Gasteiger partial charge in [0, 0.05) is 29.7 Å². The van der Waals surface area contributed by atoms with Crippen molar-refractivity contribution in [1.82, 2.24) is 9.97 Å². The number of hydrogen-bond donors (Lipinski definition) is 2. The average molecular weight is 358 g/mol. The molecule has 0 radical (unpaired) electrons. The first-order chi connectivity index (χ1) is 9.62. The lowest BCUT2D eigenvalue weighted by molar-refractivity contribution is 0.178. The lowest BCUT2D eigenvalue weighted by atomic mass is 10.3. The van der Waals surface area contributed by atoms with Gasteiger partial charge >= 0.3 is 0 Å². The highest BCUT2D eigenvalue weighted by atomic mass is 79.9. The molecule has 20 heavy (non-hydrogen) atoms. The van der Waals surface area contributed by atoms with Crippen molar-refractivity contribution in [2.24, 2.45) is 0 Å². The third-order valence-electron chi connectivity index (χ3n) is 2.50. The Labute approximate surface area is 130 Å². The molecule has 0 unspecified atom stereocenters. The van der Waals surface area contributed by atoms with Gasteiger partial charge in [0.2, 0.25) is 0 Å². The molecular formula is C13H14BrClN4O. The molecule has 106 valence electrons. The lowest BCUT2D eigenvalue weighted by Gasteiger charge is -2.11. The molecule has 0 aliphatic heterocycles. The number of ether oxygens (including phenoxy) is 1. The van der Waals surface area contributed by atoms with Crippen LogP contribution in [0.4, 0.5) is 17.3 Å². The van der Waals surface area contributed by atoms with E-state index < -0.39 is 0 Å². The zero-order valence-corrected chi connectivity index (χ0v) is 13.4. The summed E-state index contributed by atoms with van der Waals surface area (Å²) in [5.74, 6) is 2.01. The second-order valence-electron chi connectivity index (χ2n) is 3.99. The van der Waals surface area contributed by atoms with Crippen LogP contribution in [0.1, 0.15) is 5.82 Å². The lowest BCUT2D eigenvalue weighted by Crippen LogP contribution is -2.04. The zero-order valence-electron chi connectivity index (χ0n) is 11.1. The molecule has 1 heterocycles. The quantitative estimate of drug-likeness (QED) is 0.852. The van der Waals surface area contributed by atoms with E-state index in [-0.39, 0.29) is 0 Å². The summed E-state index contributed by atoms with van der Waals surface area (Å²) >= 11 is 9.38. The minimum atomic E-state index is 0.353. The maximum absolute atomic E-state index is 5.92. The molecule has 7 heteroatoms. The van der Waals surface area contributed by atoms with Crippen LogP contribution >= 0.6 is 27.5 Å². The fraction of sp³-hybridized carbons (Fsp3) is 0.231.